The van der Waals surface area contributed by atoms with E-state index in [1.54, 1.807) is 42.3 Å². The van der Waals surface area contributed by atoms with Crippen molar-refractivity contribution in [2.45, 2.75) is 39.8 Å². The molecule has 2 rings (SSSR count). The van der Waals surface area contributed by atoms with E-state index in [0.29, 0.717) is 18.0 Å². The Bertz CT molecular complexity index is 930. The average Bonchev–Trinajstić information content (AvgIpc) is 2.71. The molecule has 0 aromatic heterocycles. The number of para-hydroxylation sites is 2. The Hall–Kier alpha value is -2.74. The Morgan fingerprint density at radius 3 is 2.52 bits per heavy atom. The van der Waals surface area contributed by atoms with Gasteiger partial charge >= 0.3 is 16.1 Å². The van der Waals surface area contributed by atoms with E-state index in [0.717, 1.165) is 12.0 Å². The van der Waals surface area contributed by atoms with Crippen LogP contribution in [-0.4, -0.2) is 38.3 Å². The molecule has 0 saturated carbocycles. The van der Waals surface area contributed by atoms with Crippen LogP contribution in [0.1, 0.15) is 32.8 Å². The maximum Gasteiger partial charge on any atom is 0.322 e. The summed E-state index contributed by atoms with van der Waals surface area (Å²) in [5, 5.41) is 2.89. The third-order valence-electron chi connectivity index (χ3n) is 4.56. The second-order valence-electron chi connectivity index (χ2n) is 6.59. The number of nitrogens with one attached hydrogen (secondary N) is 1. The summed E-state index contributed by atoms with van der Waals surface area (Å²) in [4.78, 5) is 14.7. The lowest BCUT2D eigenvalue weighted by Gasteiger charge is -2.29. The van der Waals surface area contributed by atoms with Crippen LogP contribution in [0.4, 0.5) is 10.5 Å². The standard InChI is InChI=1S/C21H28N2O5S/c1-5-16(3)23(21(24)22-19-12-7-8-13-20(19)27-4)15-17-10-9-11-18(14-17)28-29(25,26)6-2/h7-14,16H,5-6,15H2,1-4H3,(H,22,24)/t16-/m0/s1. The molecule has 0 radical (unpaired) electrons. The molecule has 0 aliphatic heterocycles. The number of hydrogen-bond donors (Lipinski definition) is 1. The van der Waals surface area contributed by atoms with Crippen molar-refractivity contribution in [3.63, 3.8) is 0 Å². The molecular weight excluding hydrogens is 392 g/mol. The number of carbonyl (C=O) groups excluding carboxylic acids is 1. The molecule has 2 amide bonds. The number of nitrogens with zero attached hydrogens (tertiary/aromatic N) is 1. The predicted octanol–water partition coefficient (Wildman–Crippen LogP) is 4.26. The first kappa shape index (κ1) is 22.5. The number of benzene rings is 2. The summed E-state index contributed by atoms with van der Waals surface area (Å²) in [6.07, 6.45) is 0.764. The van der Waals surface area contributed by atoms with Gasteiger partial charge < -0.3 is 19.1 Å². The number of amides is 2. The monoisotopic (exact) mass is 420 g/mol. The van der Waals surface area contributed by atoms with Gasteiger partial charge in [0.25, 0.3) is 0 Å². The van der Waals surface area contributed by atoms with E-state index in [1.165, 1.54) is 6.92 Å². The number of hydrogen-bond acceptors (Lipinski definition) is 5. The molecule has 0 unspecified atom stereocenters. The van der Waals surface area contributed by atoms with E-state index in [9.17, 15) is 13.2 Å². The van der Waals surface area contributed by atoms with Crippen LogP contribution in [-0.2, 0) is 16.7 Å². The van der Waals surface area contributed by atoms with Crippen LogP contribution in [0, 0.1) is 0 Å². The molecule has 0 aliphatic carbocycles. The number of carbonyl (C=O) groups is 1. The van der Waals surface area contributed by atoms with Gasteiger partial charge in [0.15, 0.2) is 0 Å². The SMILES string of the molecule is CC[C@H](C)N(Cc1cccc(OS(=O)(=O)CC)c1)C(=O)Nc1ccccc1OC. The molecular formula is C21H28N2O5S. The fourth-order valence-corrected chi connectivity index (χ4v) is 3.20. The fourth-order valence-electron chi connectivity index (χ4n) is 2.68. The second-order valence-corrected chi connectivity index (χ2v) is 8.45. The minimum Gasteiger partial charge on any atom is -0.495 e. The van der Waals surface area contributed by atoms with Gasteiger partial charge in [-0.1, -0.05) is 31.2 Å². The Balaban J connectivity index is 2.22. The number of methoxy groups -OCH3 is 1. The molecule has 1 atom stereocenters. The normalized spacial score (nSPS) is 12.1. The van der Waals surface area contributed by atoms with Crippen LogP contribution in [0.3, 0.4) is 0 Å². The zero-order valence-corrected chi connectivity index (χ0v) is 18.0. The zero-order chi connectivity index (χ0) is 21.4. The third kappa shape index (κ3) is 6.39. The highest BCUT2D eigenvalue weighted by Crippen LogP contribution is 2.25. The molecule has 0 saturated heterocycles. The molecule has 8 heteroatoms. The van der Waals surface area contributed by atoms with Crippen molar-refractivity contribution in [2.24, 2.45) is 0 Å². The highest BCUT2D eigenvalue weighted by molar-refractivity contribution is 7.87. The van der Waals surface area contributed by atoms with Crippen LogP contribution in [0.15, 0.2) is 48.5 Å². The number of rotatable bonds is 9. The van der Waals surface area contributed by atoms with Crippen LogP contribution in [0.25, 0.3) is 0 Å². The van der Waals surface area contributed by atoms with Gasteiger partial charge in [-0.05, 0) is 50.1 Å². The first-order valence-electron chi connectivity index (χ1n) is 9.51. The van der Waals surface area contributed by atoms with Crippen molar-refractivity contribution < 1.29 is 22.1 Å². The van der Waals surface area contributed by atoms with E-state index < -0.39 is 10.1 Å². The molecule has 0 bridgehead atoms. The lowest BCUT2D eigenvalue weighted by atomic mass is 10.1. The van der Waals surface area contributed by atoms with Crippen molar-refractivity contribution in [3.8, 4) is 11.5 Å². The molecule has 2 aromatic rings. The maximum atomic E-state index is 13.0. The number of ether oxygens (including phenoxy) is 1. The fraction of sp³-hybridized carbons (Fsp3) is 0.381. The largest absolute Gasteiger partial charge is 0.495 e. The van der Waals surface area contributed by atoms with E-state index in [-0.39, 0.29) is 23.6 Å². The van der Waals surface area contributed by atoms with Crippen LogP contribution in [0.2, 0.25) is 0 Å². The summed E-state index contributed by atoms with van der Waals surface area (Å²) in [7, 11) is -2.06. The van der Waals surface area contributed by atoms with Crippen molar-refractivity contribution in [1.82, 2.24) is 4.90 Å². The Morgan fingerprint density at radius 1 is 1.14 bits per heavy atom. The smallest absolute Gasteiger partial charge is 0.322 e. The molecule has 0 heterocycles. The van der Waals surface area contributed by atoms with Gasteiger partial charge in [0.1, 0.15) is 11.5 Å². The van der Waals surface area contributed by atoms with E-state index in [2.05, 4.69) is 5.32 Å². The molecule has 29 heavy (non-hydrogen) atoms. The van der Waals surface area contributed by atoms with E-state index >= 15 is 0 Å². The topological polar surface area (TPSA) is 84.9 Å². The number of urea groups is 1. The van der Waals surface area contributed by atoms with Crippen molar-refractivity contribution in [3.05, 3.63) is 54.1 Å². The molecule has 0 fully saturated rings. The van der Waals surface area contributed by atoms with Crippen molar-refractivity contribution in [2.75, 3.05) is 18.2 Å². The van der Waals surface area contributed by atoms with Gasteiger partial charge in [-0.2, -0.15) is 8.42 Å². The van der Waals surface area contributed by atoms with Crippen molar-refractivity contribution >= 4 is 21.8 Å². The van der Waals surface area contributed by atoms with E-state index in [1.807, 2.05) is 32.0 Å². The summed E-state index contributed by atoms with van der Waals surface area (Å²) in [5.41, 5.74) is 1.35. The molecule has 0 spiro atoms. The van der Waals surface area contributed by atoms with Crippen LogP contribution in [0.5, 0.6) is 11.5 Å². The Labute approximate surface area is 172 Å². The summed E-state index contributed by atoms with van der Waals surface area (Å²) in [6.45, 7) is 5.79. The summed E-state index contributed by atoms with van der Waals surface area (Å²) in [5.74, 6) is 0.695. The Morgan fingerprint density at radius 2 is 1.86 bits per heavy atom. The first-order valence-corrected chi connectivity index (χ1v) is 11.1. The van der Waals surface area contributed by atoms with Crippen LogP contribution >= 0.6 is 0 Å². The summed E-state index contributed by atoms with van der Waals surface area (Å²) < 4.78 is 33.8. The Kier molecular flexibility index (Phi) is 7.90. The highest BCUT2D eigenvalue weighted by Gasteiger charge is 2.21. The zero-order valence-electron chi connectivity index (χ0n) is 17.2. The van der Waals surface area contributed by atoms with Gasteiger partial charge in [0.05, 0.1) is 18.6 Å². The van der Waals surface area contributed by atoms with Crippen molar-refractivity contribution in [1.29, 1.82) is 0 Å². The minimum absolute atomic E-state index is 0.0337. The molecule has 7 nitrogen and oxygen atoms in total. The number of anilines is 1. The quantitative estimate of drug-likeness (QED) is 0.613. The van der Waals surface area contributed by atoms with Gasteiger partial charge in [0.2, 0.25) is 0 Å². The minimum atomic E-state index is -3.61. The van der Waals surface area contributed by atoms with Gasteiger partial charge in [0, 0.05) is 12.6 Å². The average molecular weight is 421 g/mol. The maximum absolute atomic E-state index is 13.0. The predicted molar refractivity (Wildman–Crippen MR) is 114 cm³/mol. The molecule has 0 aliphatic rings. The highest BCUT2D eigenvalue weighted by atomic mass is 32.2. The van der Waals surface area contributed by atoms with Gasteiger partial charge in [-0.25, -0.2) is 4.79 Å². The lowest BCUT2D eigenvalue weighted by Crippen LogP contribution is -2.40. The van der Waals surface area contributed by atoms with Crippen LogP contribution < -0.4 is 14.2 Å². The molecule has 158 valence electrons. The third-order valence-corrected chi connectivity index (χ3v) is 5.71. The van der Waals surface area contributed by atoms with Gasteiger partial charge in [-0.15, -0.1) is 0 Å². The summed E-state index contributed by atoms with van der Waals surface area (Å²) in [6, 6.07) is 13.7. The summed E-state index contributed by atoms with van der Waals surface area (Å²) >= 11 is 0. The molecule has 1 N–H and O–H groups in total. The molecule has 2 aromatic carbocycles. The second kappa shape index (κ2) is 10.2. The first-order chi connectivity index (χ1) is 13.8. The van der Waals surface area contributed by atoms with E-state index in [4.69, 9.17) is 8.92 Å². The lowest BCUT2D eigenvalue weighted by molar-refractivity contribution is 0.187. The van der Waals surface area contributed by atoms with Gasteiger partial charge in [-0.3, -0.25) is 0 Å².